The Morgan fingerprint density at radius 1 is 0.500 bits per heavy atom. The largest absolute Gasteiger partial charge is 0.0818 e. The van der Waals surface area contributed by atoms with Crippen molar-refractivity contribution in [2.75, 3.05) is 0 Å². The van der Waals surface area contributed by atoms with Crippen molar-refractivity contribution in [2.24, 2.45) is 0 Å². The van der Waals surface area contributed by atoms with Crippen LogP contribution in [0.1, 0.15) is 0 Å². The minimum Gasteiger partial charge on any atom is -0.0818 e. The summed E-state index contributed by atoms with van der Waals surface area (Å²) in [7, 11) is 0.0556. The molecule has 0 aromatic heterocycles. The van der Waals surface area contributed by atoms with E-state index in [-0.39, 0.29) is 14.6 Å². The van der Waals surface area contributed by atoms with Crippen molar-refractivity contribution in [3.8, 4) is 11.1 Å². The quantitative estimate of drug-likeness (QED) is 0.468. The molecular weight excluding hydrogens is 348 g/mol. The van der Waals surface area contributed by atoms with Crippen LogP contribution in [-0.2, 0) is 0 Å². The second kappa shape index (κ2) is 13.9. The Bertz CT molecular complexity index is 344. The van der Waals surface area contributed by atoms with Crippen molar-refractivity contribution >= 4 is 59.5 Å². The molecule has 0 atom stereocenters. The van der Waals surface area contributed by atoms with E-state index < -0.39 is 0 Å². The molecule has 0 unspecified atom stereocenters. The van der Waals surface area contributed by atoms with Crippen LogP contribution in [-0.4, -0.2) is 0 Å². The van der Waals surface area contributed by atoms with Crippen molar-refractivity contribution < 1.29 is 0 Å². The first-order chi connectivity index (χ1) is 8.79. The van der Waals surface area contributed by atoms with E-state index in [9.17, 15) is 0 Å². The molecule has 2 aromatic carbocycles. The Kier molecular flexibility index (Phi) is 14.2. The lowest BCUT2D eigenvalue weighted by molar-refractivity contribution is 1.62. The smallest absolute Gasteiger partial charge is 0.0713 e. The molecule has 0 heterocycles. The number of rotatable bonds is 1. The maximum atomic E-state index is 4.79. The summed E-state index contributed by atoms with van der Waals surface area (Å²) in [5.74, 6) is 0. The third kappa shape index (κ3) is 9.40. The molecule has 0 saturated carbocycles. The Hall–Kier alpha value is 0.460. The van der Waals surface area contributed by atoms with Crippen molar-refractivity contribution in [1.29, 1.82) is 0 Å². The molecule has 0 nitrogen and oxygen atoms in total. The van der Waals surface area contributed by atoms with Crippen LogP contribution < -0.4 is 0 Å². The molecule has 0 amide bonds. The lowest BCUT2D eigenvalue weighted by Gasteiger charge is -1.98. The summed E-state index contributed by atoms with van der Waals surface area (Å²) in [6.45, 7) is 0. The molecular formula is C12H12Cl4P2. The molecule has 18 heavy (non-hydrogen) atoms. The lowest BCUT2D eigenvalue weighted by atomic mass is 10.1. The second-order valence-corrected chi connectivity index (χ2v) is 6.59. The second-order valence-electron chi connectivity index (χ2n) is 2.87. The van der Waals surface area contributed by atoms with E-state index in [1.165, 1.54) is 11.1 Å². The molecule has 0 bridgehead atoms. The molecule has 0 N–H and O–H groups in total. The SMILES string of the molecule is ClPCl.ClPCl.c1ccc(-c2ccccc2)cc1. The Labute approximate surface area is 131 Å². The van der Waals surface area contributed by atoms with Crippen LogP contribution in [0.15, 0.2) is 60.7 Å². The van der Waals surface area contributed by atoms with Crippen molar-refractivity contribution in [2.45, 2.75) is 0 Å². The third-order valence-electron chi connectivity index (χ3n) is 1.88. The van der Waals surface area contributed by atoms with Gasteiger partial charge in [0, 0.05) is 0 Å². The minimum atomic E-state index is 0.0278. The Morgan fingerprint density at radius 3 is 0.944 bits per heavy atom. The highest BCUT2D eigenvalue weighted by molar-refractivity contribution is 7.90. The van der Waals surface area contributed by atoms with Crippen LogP contribution in [0.3, 0.4) is 0 Å². The number of hydrogen-bond acceptors (Lipinski definition) is 0. The van der Waals surface area contributed by atoms with E-state index >= 15 is 0 Å². The number of benzene rings is 2. The minimum absolute atomic E-state index is 0.0278. The molecule has 0 fully saturated rings. The standard InChI is InChI=1S/C12H10.2Cl2HP/c1-3-7-11(8-4-1)12-9-5-2-6-10-12;2*1-3-2/h1-10H;2*3H. The van der Waals surface area contributed by atoms with Gasteiger partial charge in [0.15, 0.2) is 0 Å². The zero-order valence-corrected chi connectivity index (χ0v) is 14.3. The highest BCUT2D eigenvalue weighted by Gasteiger charge is 1.91. The fourth-order valence-electron chi connectivity index (χ4n) is 1.26. The van der Waals surface area contributed by atoms with Crippen molar-refractivity contribution in [1.82, 2.24) is 0 Å². The van der Waals surface area contributed by atoms with Gasteiger partial charge in [-0.3, -0.25) is 0 Å². The van der Waals surface area contributed by atoms with Crippen LogP contribution in [0.25, 0.3) is 11.1 Å². The Morgan fingerprint density at radius 2 is 0.722 bits per heavy atom. The van der Waals surface area contributed by atoms with E-state index in [1.54, 1.807) is 0 Å². The first-order valence-electron chi connectivity index (χ1n) is 4.83. The van der Waals surface area contributed by atoms with Crippen LogP contribution in [0.2, 0.25) is 0 Å². The average Bonchev–Trinajstić information content (AvgIpc) is 2.43. The first-order valence-corrected chi connectivity index (χ1v) is 10.9. The maximum Gasteiger partial charge on any atom is 0.0713 e. The summed E-state index contributed by atoms with van der Waals surface area (Å²) in [5, 5.41) is 0. The highest BCUT2D eigenvalue weighted by atomic mass is 35.9. The van der Waals surface area contributed by atoms with E-state index in [2.05, 4.69) is 48.5 Å². The first kappa shape index (κ1) is 18.5. The molecule has 2 rings (SSSR count). The van der Waals surface area contributed by atoms with Gasteiger partial charge in [-0.05, 0) is 11.1 Å². The van der Waals surface area contributed by atoms with Crippen LogP contribution in [0, 0.1) is 0 Å². The summed E-state index contributed by atoms with van der Waals surface area (Å²) in [6, 6.07) is 20.8. The van der Waals surface area contributed by atoms with Crippen molar-refractivity contribution in [3.05, 3.63) is 60.7 Å². The van der Waals surface area contributed by atoms with Gasteiger partial charge in [-0.15, -0.1) is 0 Å². The molecule has 0 spiro atoms. The van der Waals surface area contributed by atoms with Crippen LogP contribution in [0.5, 0.6) is 0 Å². The van der Waals surface area contributed by atoms with Gasteiger partial charge in [-0.2, -0.15) is 0 Å². The molecule has 98 valence electrons. The average molecular weight is 360 g/mol. The van der Waals surface area contributed by atoms with E-state index in [4.69, 9.17) is 45.0 Å². The van der Waals surface area contributed by atoms with Gasteiger partial charge in [0.05, 0.1) is 14.6 Å². The lowest BCUT2D eigenvalue weighted by Crippen LogP contribution is -1.73. The van der Waals surface area contributed by atoms with Crippen molar-refractivity contribution in [3.63, 3.8) is 0 Å². The molecule has 0 radical (unpaired) electrons. The highest BCUT2D eigenvalue weighted by Crippen LogP contribution is 2.20. The summed E-state index contributed by atoms with van der Waals surface area (Å²) in [6.07, 6.45) is 0. The Balaban J connectivity index is 0.000000414. The van der Waals surface area contributed by atoms with Gasteiger partial charge >= 0.3 is 0 Å². The normalized spacial score (nSPS) is 8.44. The van der Waals surface area contributed by atoms with Gasteiger partial charge in [0.1, 0.15) is 0 Å². The van der Waals surface area contributed by atoms with Gasteiger partial charge in [0.25, 0.3) is 0 Å². The van der Waals surface area contributed by atoms with E-state index in [0.717, 1.165) is 0 Å². The monoisotopic (exact) mass is 358 g/mol. The molecule has 0 saturated heterocycles. The van der Waals surface area contributed by atoms with Gasteiger partial charge in [-0.25, -0.2) is 0 Å². The summed E-state index contributed by atoms with van der Waals surface area (Å²) in [4.78, 5) is 0. The fourth-order valence-corrected chi connectivity index (χ4v) is 1.26. The molecule has 6 heteroatoms. The van der Waals surface area contributed by atoms with Gasteiger partial charge < -0.3 is 0 Å². The number of halogens is 4. The summed E-state index contributed by atoms with van der Waals surface area (Å²) < 4.78 is 0. The summed E-state index contributed by atoms with van der Waals surface area (Å²) >= 11 is 19.2. The maximum absolute atomic E-state index is 4.79. The molecule has 0 aliphatic heterocycles. The predicted octanol–water partition coefficient (Wildman–Crippen LogP) is 7.30. The molecule has 0 aliphatic carbocycles. The predicted molar refractivity (Wildman–Crippen MR) is 91.9 cm³/mol. The third-order valence-corrected chi connectivity index (χ3v) is 1.88. The van der Waals surface area contributed by atoms with Crippen LogP contribution in [0.4, 0.5) is 0 Å². The zero-order valence-electron chi connectivity index (χ0n) is 9.29. The number of hydrogen-bond donors (Lipinski definition) is 0. The summed E-state index contributed by atoms with van der Waals surface area (Å²) in [5.41, 5.74) is 2.55. The van der Waals surface area contributed by atoms with Gasteiger partial charge in [-0.1, -0.05) is 106 Å². The fraction of sp³-hybridized carbons (Fsp3) is 0. The topological polar surface area (TPSA) is 0 Å². The van der Waals surface area contributed by atoms with E-state index in [0.29, 0.717) is 0 Å². The molecule has 2 aromatic rings. The zero-order chi connectivity index (χ0) is 13.6. The molecule has 0 aliphatic rings. The van der Waals surface area contributed by atoms with E-state index in [1.807, 2.05) is 12.1 Å². The van der Waals surface area contributed by atoms with Crippen LogP contribution >= 0.6 is 59.5 Å². The van der Waals surface area contributed by atoms with Gasteiger partial charge in [0.2, 0.25) is 0 Å².